The summed E-state index contributed by atoms with van der Waals surface area (Å²) in [6.07, 6.45) is 0. The summed E-state index contributed by atoms with van der Waals surface area (Å²) in [6.45, 7) is 8.34. The van der Waals surface area contributed by atoms with Crippen LogP contribution >= 0.6 is 0 Å². The second-order valence-electron chi connectivity index (χ2n) is 5.47. The minimum Gasteiger partial charge on any atom is -0.494 e. The van der Waals surface area contributed by atoms with Crippen molar-refractivity contribution < 1.29 is 13.2 Å². The minimum atomic E-state index is -3.17. The van der Waals surface area contributed by atoms with Gasteiger partial charge in [0.25, 0.3) is 0 Å². The second kappa shape index (κ2) is 10.9. The fourth-order valence-corrected chi connectivity index (χ4v) is 2.75. The number of hydrogen-bond donors (Lipinski definition) is 2. The molecule has 25 heavy (non-hydrogen) atoms. The molecule has 1 aromatic rings. The number of guanidine groups is 1. The van der Waals surface area contributed by atoms with E-state index in [1.807, 2.05) is 50.1 Å². The van der Waals surface area contributed by atoms with Crippen LogP contribution in [0.15, 0.2) is 29.3 Å². The molecule has 142 valence electrons. The van der Waals surface area contributed by atoms with E-state index in [1.54, 1.807) is 6.92 Å². The van der Waals surface area contributed by atoms with Crippen molar-refractivity contribution in [3.63, 3.8) is 0 Å². The molecule has 0 amide bonds. The Kier molecular flexibility index (Phi) is 9.30. The first-order chi connectivity index (χ1) is 11.9. The van der Waals surface area contributed by atoms with E-state index >= 15 is 0 Å². The number of benzene rings is 1. The summed E-state index contributed by atoms with van der Waals surface area (Å²) in [5.74, 6) is 1.68. The van der Waals surface area contributed by atoms with E-state index in [0.717, 1.165) is 23.8 Å². The fourth-order valence-electron chi connectivity index (χ4n) is 2.14. The summed E-state index contributed by atoms with van der Waals surface area (Å²) >= 11 is 0. The average molecular weight is 371 g/mol. The first-order valence-corrected chi connectivity index (χ1v) is 10.3. The number of nitrogens with one attached hydrogen (secondary N) is 2. The van der Waals surface area contributed by atoms with Gasteiger partial charge in [-0.25, -0.2) is 13.1 Å². The molecule has 0 unspecified atom stereocenters. The Bertz CT molecular complexity index is 630. The number of aliphatic imine (C=N–C) groups is 1. The number of sulfonamides is 1. The lowest BCUT2D eigenvalue weighted by molar-refractivity contribution is 0.340. The molecule has 1 aromatic carbocycles. The number of nitrogens with zero attached hydrogens (tertiary/aromatic N) is 2. The smallest absolute Gasteiger partial charge is 0.211 e. The third kappa shape index (κ3) is 8.22. The molecule has 2 N–H and O–H groups in total. The van der Waals surface area contributed by atoms with E-state index in [-0.39, 0.29) is 5.75 Å². The molecule has 0 heterocycles. The standard InChI is InChI=1S/C17H30N4O3S/c1-5-18-17(19-12-13-20-25(22,23)7-3)21(4)14-15-8-10-16(11-9-15)24-6-2/h8-11,20H,5-7,12-14H2,1-4H3,(H,18,19). The molecule has 0 aliphatic rings. The highest BCUT2D eigenvalue weighted by molar-refractivity contribution is 7.89. The van der Waals surface area contributed by atoms with Crippen LogP contribution in [0.25, 0.3) is 0 Å². The highest BCUT2D eigenvalue weighted by Crippen LogP contribution is 2.13. The first-order valence-electron chi connectivity index (χ1n) is 8.60. The molecule has 0 saturated carbocycles. The maximum atomic E-state index is 11.4. The van der Waals surface area contributed by atoms with Gasteiger partial charge >= 0.3 is 0 Å². The van der Waals surface area contributed by atoms with Crippen molar-refractivity contribution in [2.24, 2.45) is 4.99 Å². The maximum Gasteiger partial charge on any atom is 0.211 e. The van der Waals surface area contributed by atoms with Crippen LogP contribution in [0.4, 0.5) is 0 Å². The van der Waals surface area contributed by atoms with E-state index in [2.05, 4.69) is 15.0 Å². The first kappa shape index (κ1) is 21.2. The molecule has 1 rings (SSSR count). The van der Waals surface area contributed by atoms with Gasteiger partial charge in [0.2, 0.25) is 10.0 Å². The van der Waals surface area contributed by atoms with Gasteiger partial charge < -0.3 is 15.0 Å². The lowest BCUT2D eigenvalue weighted by Crippen LogP contribution is -2.39. The third-order valence-electron chi connectivity index (χ3n) is 3.43. The van der Waals surface area contributed by atoms with Gasteiger partial charge in [0.15, 0.2) is 5.96 Å². The summed E-state index contributed by atoms with van der Waals surface area (Å²) in [5, 5.41) is 3.22. The molecule has 0 aromatic heterocycles. The normalized spacial score (nSPS) is 12.1. The number of ether oxygens (including phenoxy) is 1. The topological polar surface area (TPSA) is 83.0 Å². The quantitative estimate of drug-likeness (QED) is 0.370. The highest BCUT2D eigenvalue weighted by atomic mass is 32.2. The SMILES string of the molecule is CCNC(=NCCNS(=O)(=O)CC)N(C)Cc1ccc(OCC)cc1. The Morgan fingerprint density at radius 3 is 2.44 bits per heavy atom. The second-order valence-corrected chi connectivity index (χ2v) is 7.56. The Balaban J connectivity index is 2.62. The summed E-state index contributed by atoms with van der Waals surface area (Å²) in [5.41, 5.74) is 1.14. The van der Waals surface area contributed by atoms with Crippen LogP contribution in [0.2, 0.25) is 0 Å². The summed E-state index contributed by atoms with van der Waals surface area (Å²) in [7, 11) is -1.22. The zero-order valence-electron chi connectivity index (χ0n) is 15.6. The van der Waals surface area contributed by atoms with Gasteiger partial charge in [-0.1, -0.05) is 12.1 Å². The van der Waals surface area contributed by atoms with Crippen LogP contribution in [0, 0.1) is 0 Å². The molecular formula is C17H30N4O3S. The van der Waals surface area contributed by atoms with Crippen molar-refractivity contribution in [3.05, 3.63) is 29.8 Å². The Hall–Kier alpha value is -1.80. The fraction of sp³-hybridized carbons (Fsp3) is 0.588. The van der Waals surface area contributed by atoms with Crippen LogP contribution in [0.1, 0.15) is 26.3 Å². The predicted octanol–water partition coefficient (Wildman–Crippen LogP) is 1.42. The van der Waals surface area contributed by atoms with Gasteiger partial charge in [0, 0.05) is 26.7 Å². The molecule has 0 bridgehead atoms. The van der Waals surface area contributed by atoms with E-state index in [1.165, 1.54) is 0 Å². The predicted molar refractivity (Wildman–Crippen MR) is 103 cm³/mol. The van der Waals surface area contributed by atoms with E-state index in [4.69, 9.17) is 4.74 Å². The van der Waals surface area contributed by atoms with Crippen LogP contribution < -0.4 is 14.8 Å². The van der Waals surface area contributed by atoms with Crippen molar-refractivity contribution in [2.75, 3.05) is 39.0 Å². The van der Waals surface area contributed by atoms with Crippen molar-refractivity contribution in [1.82, 2.24) is 14.9 Å². The van der Waals surface area contributed by atoms with Gasteiger partial charge in [-0.15, -0.1) is 0 Å². The maximum absolute atomic E-state index is 11.4. The molecule has 0 spiro atoms. The van der Waals surface area contributed by atoms with Crippen molar-refractivity contribution in [2.45, 2.75) is 27.3 Å². The molecule has 0 aliphatic carbocycles. The molecule has 0 saturated heterocycles. The average Bonchev–Trinajstić information content (AvgIpc) is 2.59. The van der Waals surface area contributed by atoms with E-state index in [9.17, 15) is 8.42 Å². The monoisotopic (exact) mass is 370 g/mol. The highest BCUT2D eigenvalue weighted by Gasteiger charge is 2.08. The van der Waals surface area contributed by atoms with Gasteiger partial charge in [0.05, 0.1) is 18.9 Å². The zero-order valence-corrected chi connectivity index (χ0v) is 16.4. The molecule has 0 aliphatic heterocycles. The van der Waals surface area contributed by atoms with Gasteiger partial charge in [-0.3, -0.25) is 4.99 Å². The number of rotatable bonds is 10. The molecule has 0 radical (unpaired) electrons. The molecular weight excluding hydrogens is 340 g/mol. The van der Waals surface area contributed by atoms with E-state index in [0.29, 0.717) is 26.2 Å². The van der Waals surface area contributed by atoms with Crippen LogP contribution in [-0.2, 0) is 16.6 Å². The summed E-state index contributed by atoms with van der Waals surface area (Å²) in [6, 6.07) is 7.97. The Labute approximate surface area is 151 Å². The zero-order chi connectivity index (χ0) is 18.7. The lowest BCUT2D eigenvalue weighted by atomic mass is 10.2. The molecule has 8 heteroatoms. The van der Waals surface area contributed by atoms with Crippen LogP contribution in [0.3, 0.4) is 0 Å². The van der Waals surface area contributed by atoms with Crippen molar-refractivity contribution >= 4 is 16.0 Å². The lowest BCUT2D eigenvalue weighted by Gasteiger charge is -2.22. The van der Waals surface area contributed by atoms with E-state index < -0.39 is 10.0 Å². The van der Waals surface area contributed by atoms with Gasteiger partial charge in [-0.05, 0) is 38.5 Å². The Morgan fingerprint density at radius 2 is 1.88 bits per heavy atom. The van der Waals surface area contributed by atoms with Gasteiger partial charge in [-0.2, -0.15) is 0 Å². The Morgan fingerprint density at radius 1 is 1.20 bits per heavy atom. The summed E-state index contributed by atoms with van der Waals surface area (Å²) < 4.78 is 30.8. The largest absolute Gasteiger partial charge is 0.494 e. The molecule has 7 nitrogen and oxygen atoms in total. The molecule has 0 fully saturated rings. The van der Waals surface area contributed by atoms with Crippen LogP contribution in [-0.4, -0.2) is 58.3 Å². The van der Waals surface area contributed by atoms with Crippen molar-refractivity contribution in [1.29, 1.82) is 0 Å². The van der Waals surface area contributed by atoms with Gasteiger partial charge in [0.1, 0.15) is 5.75 Å². The third-order valence-corrected chi connectivity index (χ3v) is 4.83. The number of hydrogen-bond acceptors (Lipinski definition) is 4. The van der Waals surface area contributed by atoms with Crippen LogP contribution in [0.5, 0.6) is 5.75 Å². The minimum absolute atomic E-state index is 0.0778. The summed E-state index contributed by atoms with van der Waals surface area (Å²) in [4.78, 5) is 6.48. The van der Waals surface area contributed by atoms with Crippen molar-refractivity contribution in [3.8, 4) is 5.75 Å². The molecule has 0 atom stereocenters.